The first-order valence-electron chi connectivity index (χ1n) is 5.71. The lowest BCUT2D eigenvalue weighted by Crippen LogP contribution is -2.17. The van der Waals surface area contributed by atoms with Gasteiger partial charge in [0.05, 0.1) is 6.10 Å². The van der Waals surface area contributed by atoms with Crippen molar-refractivity contribution in [3.63, 3.8) is 0 Å². The number of nitrogens with zero attached hydrogens (tertiary/aromatic N) is 1. The highest BCUT2D eigenvalue weighted by atomic mass is 16.5. The molecule has 2 rings (SSSR count). The molecule has 0 spiro atoms. The summed E-state index contributed by atoms with van der Waals surface area (Å²) in [6.07, 6.45) is 4.15. The third-order valence-corrected chi connectivity index (χ3v) is 2.73. The fourth-order valence-electron chi connectivity index (χ4n) is 1.74. The maximum atomic E-state index is 5.79. The van der Waals surface area contributed by atoms with Gasteiger partial charge < -0.3 is 15.2 Å². The Kier molecular flexibility index (Phi) is 3.74. The predicted molar refractivity (Wildman–Crippen MR) is 61.3 cm³/mol. The maximum absolute atomic E-state index is 5.79. The number of aromatic nitrogens is 1. The molecule has 1 saturated heterocycles. The summed E-state index contributed by atoms with van der Waals surface area (Å²) in [5, 5.41) is 0. The van der Waals surface area contributed by atoms with E-state index in [0.29, 0.717) is 12.5 Å². The van der Waals surface area contributed by atoms with Crippen molar-refractivity contribution in [1.82, 2.24) is 4.98 Å². The van der Waals surface area contributed by atoms with E-state index in [-0.39, 0.29) is 12.1 Å². The van der Waals surface area contributed by atoms with Crippen molar-refractivity contribution in [2.24, 2.45) is 5.73 Å². The van der Waals surface area contributed by atoms with E-state index < -0.39 is 0 Å². The molecule has 0 amide bonds. The SMILES string of the molecule is CC(N)c1ccnc(OCC2CCCO2)c1. The molecular weight excluding hydrogens is 204 g/mol. The molecule has 0 bridgehead atoms. The first-order chi connectivity index (χ1) is 7.75. The van der Waals surface area contributed by atoms with Gasteiger partial charge in [-0.1, -0.05) is 0 Å². The first-order valence-corrected chi connectivity index (χ1v) is 5.71. The third-order valence-electron chi connectivity index (χ3n) is 2.73. The van der Waals surface area contributed by atoms with Crippen LogP contribution in [0.25, 0.3) is 0 Å². The fraction of sp³-hybridized carbons (Fsp3) is 0.583. The van der Waals surface area contributed by atoms with Gasteiger partial charge in [0.15, 0.2) is 0 Å². The largest absolute Gasteiger partial charge is 0.475 e. The Bertz CT molecular complexity index is 336. The quantitative estimate of drug-likeness (QED) is 0.841. The smallest absolute Gasteiger partial charge is 0.213 e. The molecule has 1 aromatic heterocycles. The number of hydrogen-bond donors (Lipinski definition) is 1. The minimum atomic E-state index is 0.00748. The Morgan fingerprint density at radius 2 is 2.56 bits per heavy atom. The highest BCUT2D eigenvalue weighted by Gasteiger charge is 2.16. The summed E-state index contributed by atoms with van der Waals surface area (Å²) in [5.41, 5.74) is 6.83. The fourth-order valence-corrected chi connectivity index (χ4v) is 1.74. The third kappa shape index (κ3) is 2.93. The Labute approximate surface area is 95.8 Å². The molecule has 1 aliphatic heterocycles. The van der Waals surface area contributed by atoms with Crippen molar-refractivity contribution in [1.29, 1.82) is 0 Å². The van der Waals surface area contributed by atoms with Crippen LogP contribution in [0.3, 0.4) is 0 Å². The van der Waals surface area contributed by atoms with Gasteiger partial charge in [-0.15, -0.1) is 0 Å². The first kappa shape index (κ1) is 11.4. The van der Waals surface area contributed by atoms with E-state index in [1.807, 2.05) is 19.1 Å². The van der Waals surface area contributed by atoms with Gasteiger partial charge in [0, 0.05) is 24.9 Å². The van der Waals surface area contributed by atoms with Crippen LogP contribution < -0.4 is 10.5 Å². The molecule has 4 heteroatoms. The molecule has 2 heterocycles. The van der Waals surface area contributed by atoms with E-state index in [1.165, 1.54) is 0 Å². The molecule has 0 aromatic carbocycles. The van der Waals surface area contributed by atoms with Crippen LogP contribution in [0.1, 0.15) is 31.4 Å². The van der Waals surface area contributed by atoms with Crippen LogP contribution in [0.15, 0.2) is 18.3 Å². The predicted octanol–water partition coefficient (Wildman–Crippen LogP) is 1.66. The van der Waals surface area contributed by atoms with Crippen LogP contribution in [-0.2, 0) is 4.74 Å². The number of hydrogen-bond acceptors (Lipinski definition) is 4. The number of pyridine rings is 1. The van der Waals surface area contributed by atoms with Gasteiger partial charge in [-0.05, 0) is 31.4 Å². The van der Waals surface area contributed by atoms with Crippen molar-refractivity contribution < 1.29 is 9.47 Å². The van der Waals surface area contributed by atoms with Crippen LogP contribution in [0, 0.1) is 0 Å². The maximum Gasteiger partial charge on any atom is 0.213 e. The topological polar surface area (TPSA) is 57.4 Å². The van der Waals surface area contributed by atoms with Gasteiger partial charge in [-0.25, -0.2) is 4.98 Å². The van der Waals surface area contributed by atoms with Crippen LogP contribution in [-0.4, -0.2) is 24.3 Å². The highest BCUT2D eigenvalue weighted by Crippen LogP contribution is 2.17. The lowest BCUT2D eigenvalue weighted by Gasteiger charge is -2.12. The number of ether oxygens (including phenoxy) is 2. The molecule has 0 aliphatic carbocycles. The van der Waals surface area contributed by atoms with E-state index in [0.717, 1.165) is 25.0 Å². The molecule has 1 aliphatic rings. The summed E-state index contributed by atoms with van der Waals surface area (Å²) < 4.78 is 11.1. The zero-order valence-electron chi connectivity index (χ0n) is 9.56. The average Bonchev–Trinajstić information content (AvgIpc) is 2.79. The second-order valence-corrected chi connectivity index (χ2v) is 4.16. The van der Waals surface area contributed by atoms with Gasteiger partial charge in [0.1, 0.15) is 6.61 Å². The Morgan fingerprint density at radius 1 is 1.69 bits per heavy atom. The van der Waals surface area contributed by atoms with E-state index in [4.69, 9.17) is 15.2 Å². The van der Waals surface area contributed by atoms with E-state index >= 15 is 0 Å². The molecule has 2 N–H and O–H groups in total. The average molecular weight is 222 g/mol. The van der Waals surface area contributed by atoms with Gasteiger partial charge >= 0.3 is 0 Å². The molecule has 0 saturated carbocycles. The lowest BCUT2D eigenvalue weighted by atomic mass is 10.1. The van der Waals surface area contributed by atoms with Crippen LogP contribution in [0.4, 0.5) is 0 Å². The van der Waals surface area contributed by atoms with Gasteiger partial charge in [0.2, 0.25) is 5.88 Å². The molecule has 88 valence electrons. The lowest BCUT2D eigenvalue weighted by molar-refractivity contribution is 0.0663. The molecule has 2 atom stereocenters. The Hall–Kier alpha value is -1.13. The normalized spacial score (nSPS) is 22.0. The molecular formula is C12H18N2O2. The second-order valence-electron chi connectivity index (χ2n) is 4.16. The summed E-state index contributed by atoms with van der Waals surface area (Å²) in [5.74, 6) is 0.630. The number of nitrogens with two attached hydrogens (primary N) is 1. The van der Waals surface area contributed by atoms with Crippen molar-refractivity contribution in [2.75, 3.05) is 13.2 Å². The van der Waals surface area contributed by atoms with Gasteiger partial charge in [0.25, 0.3) is 0 Å². The molecule has 0 radical (unpaired) electrons. The summed E-state index contributed by atoms with van der Waals surface area (Å²) in [7, 11) is 0. The summed E-state index contributed by atoms with van der Waals surface area (Å²) >= 11 is 0. The molecule has 1 fully saturated rings. The van der Waals surface area contributed by atoms with Crippen molar-refractivity contribution in [3.05, 3.63) is 23.9 Å². The minimum Gasteiger partial charge on any atom is -0.475 e. The van der Waals surface area contributed by atoms with Crippen LogP contribution >= 0.6 is 0 Å². The zero-order chi connectivity index (χ0) is 11.4. The summed E-state index contributed by atoms with van der Waals surface area (Å²) in [6, 6.07) is 3.80. The zero-order valence-corrected chi connectivity index (χ0v) is 9.56. The van der Waals surface area contributed by atoms with E-state index in [2.05, 4.69) is 4.98 Å². The summed E-state index contributed by atoms with van der Waals surface area (Å²) in [6.45, 7) is 3.37. The van der Waals surface area contributed by atoms with E-state index in [1.54, 1.807) is 6.20 Å². The monoisotopic (exact) mass is 222 g/mol. The van der Waals surface area contributed by atoms with Gasteiger partial charge in [-0.2, -0.15) is 0 Å². The van der Waals surface area contributed by atoms with Crippen molar-refractivity contribution >= 4 is 0 Å². The van der Waals surface area contributed by atoms with Gasteiger partial charge in [-0.3, -0.25) is 0 Å². The molecule has 2 unspecified atom stereocenters. The second kappa shape index (κ2) is 5.27. The Balaban J connectivity index is 1.90. The minimum absolute atomic E-state index is 0.00748. The molecule has 1 aromatic rings. The Morgan fingerprint density at radius 3 is 3.25 bits per heavy atom. The highest BCUT2D eigenvalue weighted by molar-refractivity contribution is 5.22. The van der Waals surface area contributed by atoms with Crippen molar-refractivity contribution in [2.45, 2.75) is 31.9 Å². The summed E-state index contributed by atoms with van der Waals surface area (Å²) in [4.78, 5) is 4.15. The number of rotatable bonds is 4. The van der Waals surface area contributed by atoms with Crippen molar-refractivity contribution in [3.8, 4) is 5.88 Å². The molecule has 16 heavy (non-hydrogen) atoms. The molecule has 4 nitrogen and oxygen atoms in total. The van der Waals surface area contributed by atoms with Crippen LogP contribution in [0.2, 0.25) is 0 Å². The van der Waals surface area contributed by atoms with Crippen LogP contribution in [0.5, 0.6) is 5.88 Å². The standard InChI is InChI=1S/C12H18N2O2/c1-9(13)10-4-5-14-12(7-10)16-8-11-3-2-6-15-11/h4-5,7,9,11H,2-3,6,8,13H2,1H3. The van der Waals surface area contributed by atoms with E-state index in [9.17, 15) is 0 Å².